The zero-order valence-electron chi connectivity index (χ0n) is 11.8. The maximum absolute atomic E-state index is 12.2. The quantitative estimate of drug-likeness (QED) is 0.918. The van der Waals surface area contributed by atoms with Crippen LogP contribution in [0.1, 0.15) is 21.5 Å². The van der Waals surface area contributed by atoms with E-state index < -0.39 is 0 Å². The fraction of sp³-hybridized carbons (Fsp3) is 0.176. The lowest BCUT2D eigenvalue weighted by atomic mass is 10.1. The predicted octanol–water partition coefficient (Wildman–Crippen LogP) is 2.80. The van der Waals surface area contributed by atoms with Gasteiger partial charge in [0.05, 0.1) is 11.6 Å². The average molecular weight is 277 g/mol. The lowest BCUT2D eigenvalue weighted by Crippen LogP contribution is -2.13. The second-order valence-electron chi connectivity index (χ2n) is 5.16. The lowest BCUT2D eigenvalue weighted by molar-refractivity contribution is 0.102. The van der Waals surface area contributed by atoms with Gasteiger partial charge in [0.15, 0.2) is 0 Å². The molecule has 4 nitrogen and oxygen atoms in total. The van der Waals surface area contributed by atoms with Gasteiger partial charge in [-0.3, -0.25) is 4.79 Å². The van der Waals surface area contributed by atoms with Gasteiger partial charge in [0.25, 0.3) is 5.91 Å². The molecule has 2 aromatic carbocycles. The van der Waals surface area contributed by atoms with Crippen molar-refractivity contribution >= 4 is 17.3 Å². The van der Waals surface area contributed by atoms with Crippen LogP contribution in [0.4, 0.5) is 11.4 Å². The van der Waals surface area contributed by atoms with Crippen molar-refractivity contribution in [2.75, 3.05) is 23.8 Å². The van der Waals surface area contributed by atoms with Crippen molar-refractivity contribution in [2.45, 2.75) is 6.42 Å². The molecule has 0 atom stereocenters. The minimum atomic E-state index is -0.196. The molecule has 1 amide bonds. The zero-order valence-corrected chi connectivity index (χ0v) is 11.8. The molecule has 0 fully saturated rings. The molecule has 0 saturated heterocycles. The highest BCUT2D eigenvalue weighted by atomic mass is 16.1. The van der Waals surface area contributed by atoms with Gasteiger partial charge in [0, 0.05) is 30.5 Å². The molecule has 2 aromatic rings. The summed E-state index contributed by atoms with van der Waals surface area (Å²) in [6.45, 7) is 1.01. The van der Waals surface area contributed by atoms with E-state index in [2.05, 4.69) is 17.3 Å². The van der Waals surface area contributed by atoms with E-state index in [1.807, 2.05) is 24.3 Å². The monoisotopic (exact) mass is 277 g/mol. The van der Waals surface area contributed by atoms with E-state index >= 15 is 0 Å². The van der Waals surface area contributed by atoms with Crippen LogP contribution in [-0.2, 0) is 6.42 Å². The predicted molar refractivity (Wildman–Crippen MR) is 82.5 cm³/mol. The van der Waals surface area contributed by atoms with Crippen molar-refractivity contribution in [3.63, 3.8) is 0 Å². The van der Waals surface area contributed by atoms with E-state index in [1.165, 1.54) is 11.3 Å². The molecule has 0 radical (unpaired) electrons. The van der Waals surface area contributed by atoms with Crippen LogP contribution in [0.2, 0.25) is 0 Å². The Morgan fingerprint density at radius 1 is 1.29 bits per heavy atom. The Morgan fingerprint density at radius 2 is 2.14 bits per heavy atom. The third-order valence-corrected chi connectivity index (χ3v) is 3.72. The van der Waals surface area contributed by atoms with Crippen LogP contribution in [-0.4, -0.2) is 19.5 Å². The van der Waals surface area contributed by atoms with Crippen LogP contribution in [0.15, 0.2) is 42.5 Å². The summed E-state index contributed by atoms with van der Waals surface area (Å²) in [6.07, 6.45) is 0.999. The molecule has 0 saturated carbocycles. The van der Waals surface area contributed by atoms with Gasteiger partial charge >= 0.3 is 0 Å². The summed E-state index contributed by atoms with van der Waals surface area (Å²) in [5.41, 5.74) is 4.24. The highest BCUT2D eigenvalue weighted by Gasteiger charge is 2.16. The SMILES string of the molecule is CN1CCc2cc(NC(=O)c3cccc(C#N)c3)ccc21. The second kappa shape index (κ2) is 5.29. The number of hydrogen-bond acceptors (Lipinski definition) is 3. The summed E-state index contributed by atoms with van der Waals surface area (Å²) in [5.74, 6) is -0.196. The maximum Gasteiger partial charge on any atom is 0.255 e. The Hall–Kier alpha value is -2.80. The Kier molecular flexibility index (Phi) is 3.33. The largest absolute Gasteiger partial charge is 0.374 e. The maximum atomic E-state index is 12.2. The van der Waals surface area contributed by atoms with Gasteiger partial charge in [-0.1, -0.05) is 6.07 Å². The highest BCUT2D eigenvalue weighted by molar-refractivity contribution is 6.04. The average Bonchev–Trinajstić information content (AvgIpc) is 2.88. The number of carbonyl (C=O) groups is 1. The van der Waals surface area contributed by atoms with Crippen molar-refractivity contribution in [3.8, 4) is 6.07 Å². The third-order valence-electron chi connectivity index (χ3n) is 3.72. The number of amides is 1. The van der Waals surface area contributed by atoms with Gasteiger partial charge in [0.1, 0.15) is 0 Å². The van der Waals surface area contributed by atoms with Crippen molar-refractivity contribution in [1.82, 2.24) is 0 Å². The van der Waals surface area contributed by atoms with Crippen LogP contribution in [0.5, 0.6) is 0 Å². The van der Waals surface area contributed by atoms with Crippen LogP contribution in [0.3, 0.4) is 0 Å². The Morgan fingerprint density at radius 3 is 2.95 bits per heavy atom. The van der Waals surface area contributed by atoms with Crippen LogP contribution < -0.4 is 10.2 Å². The lowest BCUT2D eigenvalue weighted by Gasteiger charge is -2.12. The first-order valence-corrected chi connectivity index (χ1v) is 6.83. The zero-order chi connectivity index (χ0) is 14.8. The van der Waals surface area contributed by atoms with E-state index in [4.69, 9.17) is 5.26 Å². The van der Waals surface area contributed by atoms with Gasteiger partial charge in [-0.2, -0.15) is 5.26 Å². The molecule has 1 aliphatic rings. The fourth-order valence-corrected chi connectivity index (χ4v) is 2.58. The van der Waals surface area contributed by atoms with Crippen molar-refractivity contribution in [3.05, 3.63) is 59.2 Å². The first-order valence-electron chi connectivity index (χ1n) is 6.83. The number of likely N-dealkylation sites (N-methyl/N-ethyl adjacent to an activating group) is 1. The topological polar surface area (TPSA) is 56.1 Å². The normalized spacial score (nSPS) is 12.7. The molecule has 1 aliphatic heterocycles. The second-order valence-corrected chi connectivity index (χ2v) is 5.16. The summed E-state index contributed by atoms with van der Waals surface area (Å²) in [5, 5.41) is 11.8. The third kappa shape index (κ3) is 2.59. The summed E-state index contributed by atoms with van der Waals surface area (Å²) >= 11 is 0. The standard InChI is InChI=1S/C17H15N3O/c1-20-8-7-13-10-15(5-6-16(13)20)19-17(21)14-4-2-3-12(9-14)11-18/h2-6,9-10H,7-8H2,1H3,(H,19,21). The number of nitriles is 1. The molecule has 3 rings (SSSR count). The molecule has 0 spiro atoms. The molecule has 21 heavy (non-hydrogen) atoms. The Balaban J connectivity index is 1.80. The van der Waals surface area contributed by atoms with Crippen LogP contribution >= 0.6 is 0 Å². The van der Waals surface area contributed by atoms with E-state index in [-0.39, 0.29) is 5.91 Å². The molecule has 4 heteroatoms. The molecular formula is C17H15N3O. The van der Waals surface area contributed by atoms with Gasteiger partial charge < -0.3 is 10.2 Å². The van der Waals surface area contributed by atoms with Gasteiger partial charge in [0.2, 0.25) is 0 Å². The van der Waals surface area contributed by atoms with E-state index in [1.54, 1.807) is 24.3 Å². The smallest absolute Gasteiger partial charge is 0.255 e. The fourth-order valence-electron chi connectivity index (χ4n) is 2.58. The van der Waals surface area contributed by atoms with Crippen LogP contribution in [0.25, 0.3) is 0 Å². The summed E-state index contributed by atoms with van der Waals surface area (Å²) in [6, 6.07) is 14.7. The van der Waals surface area contributed by atoms with Gasteiger partial charge in [-0.05, 0) is 48.4 Å². The summed E-state index contributed by atoms with van der Waals surface area (Å²) < 4.78 is 0. The Bertz CT molecular complexity index is 746. The van der Waals surface area contributed by atoms with Gasteiger partial charge in [-0.25, -0.2) is 0 Å². The molecule has 1 heterocycles. The first kappa shape index (κ1) is 13.2. The number of benzene rings is 2. The van der Waals surface area contributed by atoms with Crippen LogP contribution in [0, 0.1) is 11.3 Å². The first-order chi connectivity index (χ1) is 10.2. The minimum absolute atomic E-state index is 0.196. The molecule has 0 aliphatic carbocycles. The summed E-state index contributed by atoms with van der Waals surface area (Å²) in [4.78, 5) is 14.4. The molecule has 0 bridgehead atoms. The molecule has 0 unspecified atom stereocenters. The molecule has 1 N–H and O–H groups in total. The highest BCUT2D eigenvalue weighted by Crippen LogP contribution is 2.29. The molecule has 0 aromatic heterocycles. The Labute approximate surface area is 123 Å². The number of rotatable bonds is 2. The number of fused-ring (bicyclic) bond motifs is 1. The van der Waals surface area contributed by atoms with E-state index in [0.29, 0.717) is 11.1 Å². The minimum Gasteiger partial charge on any atom is -0.374 e. The van der Waals surface area contributed by atoms with Gasteiger partial charge in [-0.15, -0.1) is 0 Å². The van der Waals surface area contributed by atoms with Crippen molar-refractivity contribution in [1.29, 1.82) is 5.26 Å². The van der Waals surface area contributed by atoms with E-state index in [0.717, 1.165) is 18.7 Å². The number of carbonyl (C=O) groups excluding carboxylic acids is 1. The number of nitrogens with zero attached hydrogens (tertiary/aromatic N) is 2. The van der Waals surface area contributed by atoms with Crippen molar-refractivity contribution in [2.24, 2.45) is 0 Å². The number of hydrogen-bond donors (Lipinski definition) is 1. The molecular weight excluding hydrogens is 262 g/mol. The number of nitrogens with one attached hydrogen (secondary N) is 1. The molecule has 104 valence electrons. The van der Waals surface area contributed by atoms with E-state index in [9.17, 15) is 4.79 Å². The number of anilines is 2. The van der Waals surface area contributed by atoms with Crippen molar-refractivity contribution < 1.29 is 4.79 Å². The summed E-state index contributed by atoms with van der Waals surface area (Å²) in [7, 11) is 2.07.